The summed E-state index contributed by atoms with van der Waals surface area (Å²) in [5.74, 6) is 0.890. The second-order valence-corrected chi connectivity index (χ2v) is 6.10. The van der Waals surface area contributed by atoms with E-state index in [1.807, 2.05) is 42.7 Å². The van der Waals surface area contributed by atoms with E-state index in [1.54, 1.807) is 18.0 Å². The van der Waals surface area contributed by atoms with E-state index in [0.717, 1.165) is 29.5 Å². The predicted molar refractivity (Wildman–Crippen MR) is 91.9 cm³/mol. The summed E-state index contributed by atoms with van der Waals surface area (Å²) in [4.78, 5) is 20.1. The van der Waals surface area contributed by atoms with E-state index >= 15 is 0 Å². The van der Waals surface area contributed by atoms with Gasteiger partial charge in [-0.1, -0.05) is 12.1 Å². The molecule has 114 valence electrons. The third-order valence-electron chi connectivity index (χ3n) is 3.79. The van der Waals surface area contributed by atoms with Crippen LogP contribution >= 0.6 is 11.8 Å². The monoisotopic (exact) mass is 313 g/mol. The zero-order valence-electron chi connectivity index (χ0n) is 12.6. The van der Waals surface area contributed by atoms with Crippen molar-refractivity contribution < 1.29 is 4.79 Å². The van der Waals surface area contributed by atoms with Crippen LogP contribution in [-0.4, -0.2) is 30.2 Å². The normalized spacial score (nSPS) is 14.1. The van der Waals surface area contributed by atoms with Crippen LogP contribution < -0.4 is 10.2 Å². The Morgan fingerprint density at radius 3 is 2.64 bits per heavy atom. The van der Waals surface area contributed by atoms with E-state index in [1.165, 1.54) is 12.8 Å². The van der Waals surface area contributed by atoms with Gasteiger partial charge in [-0.3, -0.25) is 4.79 Å². The molecule has 1 aliphatic heterocycles. The molecule has 0 unspecified atom stereocenters. The number of anilines is 2. The quantitative estimate of drug-likeness (QED) is 0.875. The maximum Gasteiger partial charge on any atom is 0.256 e. The number of aromatic nitrogens is 1. The Labute approximate surface area is 134 Å². The van der Waals surface area contributed by atoms with Crippen LogP contribution in [0, 0.1) is 0 Å². The number of pyridine rings is 1. The molecular weight excluding hydrogens is 294 g/mol. The van der Waals surface area contributed by atoms with E-state index in [4.69, 9.17) is 0 Å². The van der Waals surface area contributed by atoms with Gasteiger partial charge in [0.05, 0.1) is 17.4 Å². The molecule has 2 aromatic rings. The zero-order chi connectivity index (χ0) is 15.4. The maximum absolute atomic E-state index is 12.4. The number of thioether (sulfide) groups is 1. The smallest absolute Gasteiger partial charge is 0.256 e. The molecule has 0 aliphatic carbocycles. The van der Waals surface area contributed by atoms with Crippen LogP contribution in [0.15, 0.2) is 47.5 Å². The molecule has 2 heterocycles. The third-order valence-corrected chi connectivity index (χ3v) is 4.58. The van der Waals surface area contributed by atoms with Crippen molar-refractivity contribution in [3.8, 4) is 0 Å². The molecule has 1 aliphatic rings. The lowest BCUT2D eigenvalue weighted by Gasteiger charge is -2.16. The lowest BCUT2D eigenvalue weighted by Crippen LogP contribution is -2.19. The molecule has 1 aromatic carbocycles. The number of nitrogens with zero attached hydrogens (tertiary/aromatic N) is 2. The molecule has 4 nitrogen and oxygen atoms in total. The number of carbonyl (C=O) groups excluding carboxylic acids is 1. The van der Waals surface area contributed by atoms with E-state index in [2.05, 4.69) is 15.2 Å². The summed E-state index contributed by atoms with van der Waals surface area (Å²) < 4.78 is 0. The summed E-state index contributed by atoms with van der Waals surface area (Å²) in [6.07, 6.45) is 6.16. The van der Waals surface area contributed by atoms with Crippen molar-refractivity contribution >= 4 is 29.2 Å². The van der Waals surface area contributed by atoms with Gasteiger partial charge in [-0.25, -0.2) is 4.98 Å². The maximum atomic E-state index is 12.4. The van der Waals surface area contributed by atoms with Crippen LogP contribution in [0.25, 0.3) is 0 Å². The van der Waals surface area contributed by atoms with Crippen molar-refractivity contribution in [1.82, 2.24) is 4.98 Å². The van der Waals surface area contributed by atoms with Gasteiger partial charge in [0, 0.05) is 18.0 Å². The van der Waals surface area contributed by atoms with Gasteiger partial charge in [-0.2, -0.15) is 0 Å². The lowest BCUT2D eigenvalue weighted by molar-refractivity contribution is 0.102. The minimum atomic E-state index is -0.0966. The summed E-state index contributed by atoms with van der Waals surface area (Å²) in [6, 6.07) is 11.5. The Hall–Kier alpha value is -2.01. The average Bonchev–Trinajstić information content (AvgIpc) is 3.10. The number of carbonyl (C=O) groups is 1. The molecule has 0 saturated carbocycles. The van der Waals surface area contributed by atoms with Crippen molar-refractivity contribution in [1.29, 1.82) is 0 Å². The predicted octanol–water partition coefficient (Wildman–Crippen LogP) is 3.66. The van der Waals surface area contributed by atoms with Gasteiger partial charge in [0.1, 0.15) is 5.82 Å². The molecule has 1 saturated heterocycles. The number of benzene rings is 1. The molecule has 1 N–H and O–H groups in total. The highest BCUT2D eigenvalue weighted by Gasteiger charge is 2.14. The molecule has 0 radical (unpaired) electrons. The molecule has 0 atom stereocenters. The first-order valence-corrected chi connectivity index (χ1v) is 8.66. The summed E-state index contributed by atoms with van der Waals surface area (Å²) in [5, 5.41) is 2.92. The van der Waals surface area contributed by atoms with Crippen LogP contribution in [0.1, 0.15) is 23.2 Å². The molecular formula is C17H19N3OS. The highest BCUT2D eigenvalue weighted by Crippen LogP contribution is 2.22. The van der Waals surface area contributed by atoms with Gasteiger partial charge < -0.3 is 10.2 Å². The summed E-state index contributed by atoms with van der Waals surface area (Å²) in [7, 11) is 0. The Kier molecular flexibility index (Phi) is 4.63. The first-order chi connectivity index (χ1) is 10.8. The van der Waals surface area contributed by atoms with Crippen molar-refractivity contribution in [3.63, 3.8) is 0 Å². The van der Waals surface area contributed by atoms with Crippen LogP contribution in [0.2, 0.25) is 0 Å². The van der Waals surface area contributed by atoms with Crippen LogP contribution in [-0.2, 0) is 0 Å². The standard InChI is InChI=1S/C17H19N3OS/c1-22-15-7-3-2-6-14(15)17(21)19-13-8-9-16(18-12-13)20-10-4-5-11-20/h2-3,6-9,12H,4-5,10-11H2,1H3,(H,19,21). The van der Waals surface area contributed by atoms with Gasteiger partial charge in [-0.05, 0) is 43.4 Å². The molecule has 22 heavy (non-hydrogen) atoms. The molecule has 1 fully saturated rings. The Bertz CT molecular complexity index is 651. The largest absolute Gasteiger partial charge is 0.357 e. The van der Waals surface area contributed by atoms with Crippen molar-refractivity contribution in [3.05, 3.63) is 48.2 Å². The van der Waals surface area contributed by atoms with E-state index in [9.17, 15) is 4.79 Å². The van der Waals surface area contributed by atoms with E-state index < -0.39 is 0 Å². The second kappa shape index (κ2) is 6.83. The topological polar surface area (TPSA) is 45.2 Å². The summed E-state index contributed by atoms with van der Waals surface area (Å²) in [6.45, 7) is 2.14. The first-order valence-electron chi connectivity index (χ1n) is 7.43. The number of nitrogens with one attached hydrogen (secondary N) is 1. The molecule has 0 bridgehead atoms. The number of rotatable bonds is 4. The Morgan fingerprint density at radius 2 is 1.95 bits per heavy atom. The third kappa shape index (κ3) is 3.25. The molecule has 5 heteroatoms. The van der Waals surface area contributed by atoms with E-state index in [0.29, 0.717) is 5.56 Å². The van der Waals surface area contributed by atoms with Crippen molar-refractivity contribution in [2.75, 3.05) is 29.6 Å². The second-order valence-electron chi connectivity index (χ2n) is 5.25. The SMILES string of the molecule is CSc1ccccc1C(=O)Nc1ccc(N2CCCC2)nc1. The Morgan fingerprint density at radius 1 is 1.18 bits per heavy atom. The van der Waals surface area contributed by atoms with Gasteiger partial charge >= 0.3 is 0 Å². The lowest BCUT2D eigenvalue weighted by atomic mass is 10.2. The van der Waals surface area contributed by atoms with Gasteiger partial charge in [0.15, 0.2) is 0 Å². The minimum Gasteiger partial charge on any atom is -0.357 e. The van der Waals surface area contributed by atoms with E-state index in [-0.39, 0.29) is 5.91 Å². The van der Waals surface area contributed by atoms with Crippen LogP contribution in [0.5, 0.6) is 0 Å². The minimum absolute atomic E-state index is 0.0966. The zero-order valence-corrected chi connectivity index (χ0v) is 13.4. The number of hydrogen-bond donors (Lipinski definition) is 1. The van der Waals surface area contributed by atoms with Gasteiger partial charge in [0.2, 0.25) is 0 Å². The highest BCUT2D eigenvalue weighted by molar-refractivity contribution is 7.98. The fraction of sp³-hybridized carbons (Fsp3) is 0.294. The van der Waals surface area contributed by atoms with Crippen molar-refractivity contribution in [2.24, 2.45) is 0 Å². The van der Waals surface area contributed by atoms with Crippen molar-refractivity contribution in [2.45, 2.75) is 17.7 Å². The van der Waals surface area contributed by atoms with Gasteiger partial charge in [-0.15, -0.1) is 11.8 Å². The molecule has 1 amide bonds. The van der Waals surface area contributed by atoms with Gasteiger partial charge in [0.25, 0.3) is 5.91 Å². The fourth-order valence-electron chi connectivity index (χ4n) is 2.62. The van der Waals surface area contributed by atoms with Crippen LogP contribution in [0.4, 0.5) is 11.5 Å². The number of amides is 1. The first kappa shape index (κ1) is 14.9. The summed E-state index contributed by atoms with van der Waals surface area (Å²) >= 11 is 1.57. The molecule has 1 aromatic heterocycles. The molecule has 3 rings (SSSR count). The molecule has 0 spiro atoms. The number of hydrogen-bond acceptors (Lipinski definition) is 4. The average molecular weight is 313 g/mol. The highest BCUT2D eigenvalue weighted by atomic mass is 32.2. The summed E-state index contributed by atoms with van der Waals surface area (Å²) in [5.41, 5.74) is 1.42. The van der Waals surface area contributed by atoms with Crippen LogP contribution in [0.3, 0.4) is 0 Å². The Balaban J connectivity index is 1.71. The fourth-order valence-corrected chi connectivity index (χ4v) is 3.22.